The Bertz CT molecular complexity index is 28.7. The van der Waals surface area contributed by atoms with Crippen molar-refractivity contribution in [2.24, 2.45) is 0 Å². The van der Waals surface area contributed by atoms with Gasteiger partial charge in [0.25, 0.3) is 0 Å². The molecule has 1 unspecified atom stereocenters. The fraction of sp³-hybridized carbons (Fsp3) is 1.00. The number of rotatable bonds is 2. The molecular weight excluding hydrogens is 129 g/mol. The van der Waals surface area contributed by atoms with Crippen molar-refractivity contribution in [3.05, 3.63) is 0 Å². The van der Waals surface area contributed by atoms with Gasteiger partial charge in [-0.05, 0) is 0 Å². The van der Waals surface area contributed by atoms with Crippen LogP contribution in [0.15, 0.2) is 0 Å². The molecule has 0 aliphatic heterocycles. The van der Waals surface area contributed by atoms with E-state index in [4.69, 9.17) is 5.11 Å². The summed E-state index contributed by atoms with van der Waals surface area (Å²) < 4.78 is 0.0231. The third kappa shape index (κ3) is 4.58. The minimum absolute atomic E-state index is 0.0231. The van der Waals surface area contributed by atoms with E-state index in [-0.39, 0.29) is 4.70 Å². The van der Waals surface area contributed by atoms with Gasteiger partial charge in [0.2, 0.25) is 0 Å². The van der Waals surface area contributed by atoms with Crippen LogP contribution in [-0.4, -0.2) is 9.80 Å². The van der Waals surface area contributed by atoms with Crippen molar-refractivity contribution in [1.29, 1.82) is 0 Å². The van der Waals surface area contributed by atoms with Crippen molar-refractivity contribution >= 4 is 0 Å². The summed E-state index contributed by atoms with van der Waals surface area (Å²) in [5.41, 5.74) is 0. The fourth-order valence-corrected chi connectivity index (χ4v) is 1.19. The maximum atomic E-state index is 8.61. The van der Waals surface area contributed by atoms with Crippen LogP contribution in [-0.2, 0) is 18.3 Å². The molecule has 0 spiro atoms. The monoisotopic (exact) mass is 137 g/mol. The van der Waals surface area contributed by atoms with E-state index in [1.165, 1.54) is 0 Å². The number of hydrogen-bond donors (Lipinski definition) is 1. The Morgan fingerprint density at radius 2 is 2.33 bits per heavy atom. The van der Waals surface area contributed by atoms with Crippen LogP contribution in [0.4, 0.5) is 0 Å². The number of aliphatic hydroxyl groups is 1. The topological polar surface area (TPSA) is 20.2 Å². The number of aliphatic hydroxyl groups excluding tert-OH is 1. The molecule has 0 aromatic heterocycles. The molecule has 0 aliphatic carbocycles. The zero-order valence-electron chi connectivity index (χ0n) is 4.15. The normalized spacial score (nSPS) is 14.7. The van der Waals surface area contributed by atoms with Crippen LogP contribution in [0.1, 0.15) is 19.8 Å². The van der Waals surface area contributed by atoms with Gasteiger partial charge in [-0.25, -0.2) is 0 Å². The molecule has 2 heteroatoms. The Morgan fingerprint density at radius 3 is 2.33 bits per heavy atom. The number of hydrogen-bond acceptors (Lipinski definition) is 1. The van der Waals surface area contributed by atoms with Crippen molar-refractivity contribution < 1.29 is 23.4 Å². The van der Waals surface area contributed by atoms with E-state index in [2.05, 4.69) is 6.92 Å². The average Bonchev–Trinajstić information content (AvgIpc) is 1.35. The molecule has 0 aromatic rings. The van der Waals surface area contributed by atoms with E-state index in [9.17, 15) is 0 Å². The Hall–Kier alpha value is 0.583. The van der Waals surface area contributed by atoms with Gasteiger partial charge in [-0.15, -0.1) is 0 Å². The van der Waals surface area contributed by atoms with Gasteiger partial charge in [-0.1, -0.05) is 0 Å². The first-order chi connectivity index (χ1) is 2.77. The molecule has 0 amide bonds. The molecule has 0 saturated carbocycles. The second-order valence-electron chi connectivity index (χ2n) is 1.44. The molecule has 1 nitrogen and oxygen atoms in total. The van der Waals surface area contributed by atoms with Gasteiger partial charge in [-0.3, -0.25) is 0 Å². The van der Waals surface area contributed by atoms with Gasteiger partial charge < -0.3 is 0 Å². The molecule has 0 radical (unpaired) electrons. The predicted octanol–water partition coefficient (Wildman–Crippen LogP) is 0.652. The van der Waals surface area contributed by atoms with Crippen molar-refractivity contribution in [3.8, 4) is 0 Å². The van der Waals surface area contributed by atoms with E-state index in [1.807, 2.05) is 0 Å². The SMILES string of the molecule is CCC[CH](O)[Zn]. The predicted molar refractivity (Wildman–Crippen MR) is 20.9 cm³/mol. The Labute approximate surface area is 48.4 Å². The van der Waals surface area contributed by atoms with Crippen LogP contribution < -0.4 is 0 Å². The second kappa shape index (κ2) is 3.76. The third-order valence-corrected chi connectivity index (χ3v) is 1.48. The molecule has 0 rings (SSSR count). The first kappa shape index (κ1) is 6.58. The van der Waals surface area contributed by atoms with Crippen LogP contribution in [0.25, 0.3) is 0 Å². The maximum absolute atomic E-state index is 8.61. The quantitative estimate of drug-likeness (QED) is 0.556. The summed E-state index contributed by atoms with van der Waals surface area (Å²) in [7, 11) is 0. The third-order valence-electron chi connectivity index (χ3n) is 0.622. The molecule has 0 heterocycles. The van der Waals surface area contributed by atoms with Gasteiger partial charge in [0.05, 0.1) is 0 Å². The average molecular weight is 139 g/mol. The van der Waals surface area contributed by atoms with Gasteiger partial charge in [-0.2, -0.15) is 0 Å². The van der Waals surface area contributed by atoms with Crippen LogP contribution >= 0.6 is 0 Å². The van der Waals surface area contributed by atoms with Crippen LogP contribution in [0.3, 0.4) is 0 Å². The molecule has 1 atom stereocenters. The van der Waals surface area contributed by atoms with Crippen LogP contribution in [0.5, 0.6) is 0 Å². The van der Waals surface area contributed by atoms with Crippen molar-refractivity contribution in [1.82, 2.24) is 0 Å². The van der Waals surface area contributed by atoms with Gasteiger partial charge in [0.15, 0.2) is 0 Å². The standard InChI is InChI=1S/C4H9O.Zn/c1-2-3-4-5;/h4-5H,2-3H2,1H3;. The summed E-state index contributed by atoms with van der Waals surface area (Å²) in [6, 6.07) is 0. The van der Waals surface area contributed by atoms with E-state index in [1.54, 1.807) is 0 Å². The van der Waals surface area contributed by atoms with Gasteiger partial charge in [0, 0.05) is 0 Å². The summed E-state index contributed by atoms with van der Waals surface area (Å²) >= 11 is 1.02. The fourth-order valence-electron chi connectivity index (χ4n) is 0.333. The van der Waals surface area contributed by atoms with Crippen LogP contribution in [0, 0.1) is 0 Å². The first-order valence-electron chi connectivity index (χ1n) is 2.28. The molecule has 0 aromatic carbocycles. The van der Waals surface area contributed by atoms with E-state index in [0.717, 1.165) is 31.1 Å². The van der Waals surface area contributed by atoms with Crippen molar-refractivity contribution in [2.75, 3.05) is 0 Å². The summed E-state index contributed by atoms with van der Waals surface area (Å²) in [6.07, 6.45) is 2.10. The van der Waals surface area contributed by atoms with Crippen molar-refractivity contribution in [3.63, 3.8) is 0 Å². The molecule has 6 heavy (non-hydrogen) atoms. The minimum atomic E-state index is 0.0231. The van der Waals surface area contributed by atoms with E-state index >= 15 is 0 Å². The Morgan fingerprint density at radius 1 is 1.83 bits per heavy atom. The zero-order valence-corrected chi connectivity index (χ0v) is 7.11. The Balaban J connectivity index is 2.63. The second-order valence-corrected chi connectivity index (χ2v) is 3.42. The summed E-state index contributed by atoms with van der Waals surface area (Å²) in [6.45, 7) is 2.08. The summed E-state index contributed by atoms with van der Waals surface area (Å²) in [4.78, 5) is 0. The zero-order chi connectivity index (χ0) is 4.99. The molecule has 1 N–H and O–H groups in total. The van der Waals surface area contributed by atoms with Crippen LogP contribution in [0.2, 0.25) is 0 Å². The van der Waals surface area contributed by atoms with Gasteiger partial charge in [0.1, 0.15) is 0 Å². The Kier molecular flexibility index (Phi) is 4.13. The van der Waals surface area contributed by atoms with E-state index < -0.39 is 0 Å². The summed E-state index contributed by atoms with van der Waals surface area (Å²) in [5, 5.41) is 8.61. The first-order valence-corrected chi connectivity index (χ1v) is 3.99. The van der Waals surface area contributed by atoms with E-state index in [0.29, 0.717) is 0 Å². The van der Waals surface area contributed by atoms with Gasteiger partial charge >= 0.3 is 47.9 Å². The molecule has 0 aliphatic rings. The molecule has 0 fully saturated rings. The molecule has 0 saturated heterocycles. The summed E-state index contributed by atoms with van der Waals surface area (Å²) in [5.74, 6) is 0. The molecule has 33 valence electrons. The molecular formula is C4H9OZn. The van der Waals surface area contributed by atoms with Crippen molar-refractivity contribution in [2.45, 2.75) is 24.5 Å². The molecule has 0 bridgehead atoms.